The summed E-state index contributed by atoms with van der Waals surface area (Å²) in [4.78, 5) is 2.63. The molecule has 5 nitrogen and oxygen atoms in total. The number of aromatic nitrogens is 4. The van der Waals surface area contributed by atoms with Gasteiger partial charge >= 0.3 is 0 Å². The summed E-state index contributed by atoms with van der Waals surface area (Å²) in [5.74, 6) is 1.98. The molecular formula is C14H25N5. The first-order valence-electron chi connectivity index (χ1n) is 7.87. The van der Waals surface area contributed by atoms with Gasteiger partial charge in [-0.2, -0.15) is 0 Å². The maximum absolute atomic E-state index is 4.22. The first kappa shape index (κ1) is 13.0. The normalized spacial score (nSPS) is 25.4. The van der Waals surface area contributed by atoms with Crippen molar-refractivity contribution in [1.29, 1.82) is 0 Å². The molecule has 1 atom stereocenters. The van der Waals surface area contributed by atoms with Crippen LogP contribution in [0.25, 0.3) is 0 Å². The Morgan fingerprint density at radius 1 is 1.16 bits per heavy atom. The zero-order chi connectivity index (χ0) is 13.1. The van der Waals surface area contributed by atoms with E-state index in [1.807, 2.05) is 4.68 Å². The molecule has 19 heavy (non-hydrogen) atoms. The van der Waals surface area contributed by atoms with E-state index in [4.69, 9.17) is 0 Å². The van der Waals surface area contributed by atoms with Gasteiger partial charge in [0.1, 0.15) is 0 Å². The Morgan fingerprint density at radius 3 is 2.79 bits per heavy atom. The minimum Gasteiger partial charge on any atom is -0.293 e. The van der Waals surface area contributed by atoms with Gasteiger partial charge in [0.2, 0.25) is 0 Å². The summed E-state index contributed by atoms with van der Waals surface area (Å²) in [7, 11) is 0. The molecule has 106 valence electrons. The lowest BCUT2D eigenvalue weighted by Gasteiger charge is -2.28. The molecule has 1 aliphatic heterocycles. The Kier molecular flexibility index (Phi) is 4.11. The highest BCUT2D eigenvalue weighted by molar-refractivity contribution is 4.91. The number of hydrogen-bond donors (Lipinski definition) is 0. The number of likely N-dealkylation sites (tertiary alicyclic amines) is 1. The van der Waals surface area contributed by atoms with Crippen molar-refractivity contribution >= 4 is 0 Å². The average Bonchev–Trinajstić information content (AvgIpc) is 3.12. The summed E-state index contributed by atoms with van der Waals surface area (Å²) in [6, 6.07) is 0.786. The third-order valence-corrected chi connectivity index (χ3v) is 4.74. The van der Waals surface area contributed by atoms with Crippen LogP contribution in [0, 0.1) is 5.92 Å². The SMILES string of the molecule is CCCn1nnnc1CN1CCCC1C1CCCC1. The number of rotatable bonds is 5. The maximum atomic E-state index is 4.22. The summed E-state index contributed by atoms with van der Waals surface area (Å²) in [6.45, 7) is 5.27. The summed E-state index contributed by atoms with van der Waals surface area (Å²) < 4.78 is 1.98. The van der Waals surface area contributed by atoms with Gasteiger partial charge in [-0.3, -0.25) is 4.90 Å². The molecule has 0 amide bonds. The van der Waals surface area contributed by atoms with E-state index in [-0.39, 0.29) is 0 Å². The fraction of sp³-hybridized carbons (Fsp3) is 0.929. The van der Waals surface area contributed by atoms with Gasteiger partial charge in [0, 0.05) is 12.6 Å². The molecule has 0 aromatic carbocycles. The molecule has 2 fully saturated rings. The van der Waals surface area contributed by atoms with Crippen LogP contribution in [0.4, 0.5) is 0 Å². The van der Waals surface area contributed by atoms with E-state index in [9.17, 15) is 0 Å². The van der Waals surface area contributed by atoms with E-state index in [2.05, 4.69) is 27.3 Å². The van der Waals surface area contributed by atoms with Crippen LogP contribution in [0.3, 0.4) is 0 Å². The molecule has 1 saturated carbocycles. The Balaban J connectivity index is 1.65. The molecule has 2 heterocycles. The quantitative estimate of drug-likeness (QED) is 0.817. The molecule has 1 aromatic rings. The highest BCUT2D eigenvalue weighted by Crippen LogP contribution is 2.35. The largest absolute Gasteiger partial charge is 0.293 e. The fourth-order valence-corrected chi connectivity index (χ4v) is 3.83. The van der Waals surface area contributed by atoms with E-state index in [0.29, 0.717) is 0 Å². The van der Waals surface area contributed by atoms with Crippen LogP contribution in [0.15, 0.2) is 0 Å². The molecule has 0 N–H and O–H groups in total. The maximum Gasteiger partial charge on any atom is 0.165 e. The van der Waals surface area contributed by atoms with Crippen LogP contribution in [0.1, 0.15) is 57.7 Å². The van der Waals surface area contributed by atoms with Gasteiger partial charge in [0.15, 0.2) is 5.82 Å². The summed E-state index contributed by atoms with van der Waals surface area (Å²) >= 11 is 0. The second-order valence-corrected chi connectivity index (χ2v) is 6.04. The van der Waals surface area contributed by atoms with Crippen molar-refractivity contribution in [1.82, 2.24) is 25.1 Å². The first-order chi connectivity index (χ1) is 9.38. The molecule has 3 rings (SSSR count). The number of nitrogens with zero attached hydrogens (tertiary/aromatic N) is 5. The first-order valence-corrected chi connectivity index (χ1v) is 7.87. The van der Waals surface area contributed by atoms with Crippen LogP contribution < -0.4 is 0 Å². The Labute approximate surface area is 115 Å². The lowest BCUT2D eigenvalue weighted by Crippen LogP contribution is -2.35. The summed E-state index contributed by atoms with van der Waals surface area (Å²) in [6.07, 6.45) is 9.54. The Bertz CT molecular complexity index is 396. The molecule has 0 bridgehead atoms. The Hall–Kier alpha value is -0.970. The van der Waals surface area contributed by atoms with Gasteiger partial charge in [-0.25, -0.2) is 4.68 Å². The molecular weight excluding hydrogens is 238 g/mol. The molecule has 1 aliphatic carbocycles. The third kappa shape index (κ3) is 2.81. The van der Waals surface area contributed by atoms with Gasteiger partial charge in [0.25, 0.3) is 0 Å². The van der Waals surface area contributed by atoms with Crippen molar-refractivity contribution in [3.05, 3.63) is 5.82 Å². The van der Waals surface area contributed by atoms with E-state index >= 15 is 0 Å². The second kappa shape index (κ2) is 5.99. The predicted molar refractivity (Wildman–Crippen MR) is 73.5 cm³/mol. The highest BCUT2D eigenvalue weighted by atomic mass is 15.5. The lowest BCUT2D eigenvalue weighted by atomic mass is 9.96. The van der Waals surface area contributed by atoms with Gasteiger partial charge in [-0.05, 0) is 55.0 Å². The molecule has 1 saturated heterocycles. The van der Waals surface area contributed by atoms with Crippen LogP contribution in [-0.4, -0.2) is 37.7 Å². The van der Waals surface area contributed by atoms with Gasteiger partial charge in [-0.1, -0.05) is 19.8 Å². The number of tetrazole rings is 1. The summed E-state index contributed by atoms with van der Waals surface area (Å²) in [5.41, 5.74) is 0. The monoisotopic (exact) mass is 263 g/mol. The zero-order valence-corrected chi connectivity index (χ0v) is 12.0. The average molecular weight is 263 g/mol. The lowest BCUT2D eigenvalue weighted by molar-refractivity contribution is 0.176. The van der Waals surface area contributed by atoms with Crippen LogP contribution in [0.5, 0.6) is 0 Å². The second-order valence-electron chi connectivity index (χ2n) is 6.04. The molecule has 0 spiro atoms. The minimum absolute atomic E-state index is 0.786. The highest BCUT2D eigenvalue weighted by Gasteiger charge is 2.33. The molecule has 1 unspecified atom stereocenters. The van der Waals surface area contributed by atoms with E-state index < -0.39 is 0 Å². The zero-order valence-electron chi connectivity index (χ0n) is 12.0. The van der Waals surface area contributed by atoms with E-state index in [1.54, 1.807) is 0 Å². The van der Waals surface area contributed by atoms with E-state index in [0.717, 1.165) is 37.3 Å². The van der Waals surface area contributed by atoms with Crippen LogP contribution in [-0.2, 0) is 13.1 Å². The Morgan fingerprint density at radius 2 is 2.00 bits per heavy atom. The smallest absolute Gasteiger partial charge is 0.165 e. The van der Waals surface area contributed by atoms with Crippen molar-refractivity contribution in [3.63, 3.8) is 0 Å². The minimum atomic E-state index is 0.786. The molecule has 2 aliphatic rings. The van der Waals surface area contributed by atoms with Crippen LogP contribution in [0.2, 0.25) is 0 Å². The van der Waals surface area contributed by atoms with Crippen molar-refractivity contribution in [2.75, 3.05) is 6.54 Å². The van der Waals surface area contributed by atoms with Crippen molar-refractivity contribution in [3.8, 4) is 0 Å². The number of aryl methyl sites for hydroxylation is 1. The standard InChI is InChI=1S/C14H25N5/c1-2-9-19-14(15-16-17-19)11-18-10-5-8-13(18)12-6-3-4-7-12/h12-13H,2-11H2,1H3. The van der Waals surface area contributed by atoms with Gasteiger partial charge in [0.05, 0.1) is 6.54 Å². The molecule has 0 radical (unpaired) electrons. The molecule has 1 aromatic heterocycles. The fourth-order valence-electron chi connectivity index (χ4n) is 3.83. The van der Waals surface area contributed by atoms with Crippen LogP contribution >= 0.6 is 0 Å². The van der Waals surface area contributed by atoms with E-state index in [1.165, 1.54) is 45.1 Å². The van der Waals surface area contributed by atoms with Gasteiger partial charge < -0.3 is 0 Å². The van der Waals surface area contributed by atoms with Crippen molar-refractivity contribution in [2.45, 2.75) is 71.0 Å². The summed E-state index contributed by atoms with van der Waals surface area (Å²) in [5, 5.41) is 12.2. The third-order valence-electron chi connectivity index (χ3n) is 4.74. The predicted octanol–water partition coefficient (Wildman–Crippen LogP) is 2.24. The topological polar surface area (TPSA) is 46.8 Å². The van der Waals surface area contributed by atoms with Crippen molar-refractivity contribution in [2.24, 2.45) is 5.92 Å². The van der Waals surface area contributed by atoms with Gasteiger partial charge in [-0.15, -0.1) is 5.10 Å². The number of hydrogen-bond acceptors (Lipinski definition) is 4. The molecule has 5 heteroatoms. The van der Waals surface area contributed by atoms with Crippen molar-refractivity contribution < 1.29 is 0 Å².